The maximum absolute atomic E-state index is 3.61. The Balaban J connectivity index is 1.76. The van der Waals surface area contributed by atoms with Crippen LogP contribution in [0.5, 0.6) is 0 Å². The van der Waals surface area contributed by atoms with E-state index < -0.39 is 0 Å². The van der Waals surface area contributed by atoms with Gasteiger partial charge in [0.15, 0.2) is 0 Å². The van der Waals surface area contributed by atoms with Crippen molar-refractivity contribution in [2.24, 2.45) is 5.92 Å². The molecule has 3 heteroatoms. The van der Waals surface area contributed by atoms with Crippen molar-refractivity contribution in [3.05, 3.63) is 32.9 Å². The summed E-state index contributed by atoms with van der Waals surface area (Å²) in [6, 6.07) is 9.16. The summed E-state index contributed by atoms with van der Waals surface area (Å²) in [5.74, 6) is 0.882. The summed E-state index contributed by atoms with van der Waals surface area (Å²) in [7, 11) is 0. The van der Waals surface area contributed by atoms with E-state index in [1.165, 1.54) is 123 Å². The lowest BCUT2D eigenvalue weighted by molar-refractivity contribution is 0.402. The van der Waals surface area contributed by atoms with Gasteiger partial charge in [0.05, 0.1) is 3.79 Å². The van der Waals surface area contributed by atoms with Gasteiger partial charge in [-0.1, -0.05) is 117 Å². The molecule has 1 atom stereocenters. The van der Waals surface area contributed by atoms with Gasteiger partial charge in [-0.05, 0) is 52.5 Å². The van der Waals surface area contributed by atoms with E-state index in [9.17, 15) is 0 Å². The van der Waals surface area contributed by atoms with Gasteiger partial charge < -0.3 is 0 Å². The van der Waals surface area contributed by atoms with Gasteiger partial charge in [0.1, 0.15) is 0 Å². The molecule has 31 heavy (non-hydrogen) atoms. The molecule has 0 aliphatic rings. The molecule has 0 aliphatic heterocycles. The topological polar surface area (TPSA) is 0 Å². The molecule has 0 aliphatic carbocycles. The highest BCUT2D eigenvalue weighted by Gasteiger charge is 2.13. The lowest BCUT2D eigenvalue weighted by Gasteiger charge is -2.16. The van der Waals surface area contributed by atoms with E-state index in [2.05, 4.69) is 54.0 Å². The molecule has 2 aromatic heterocycles. The molecular weight excluding hydrogens is 480 g/mol. The van der Waals surface area contributed by atoms with Gasteiger partial charge in [-0.15, -0.1) is 22.7 Å². The summed E-state index contributed by atoms with van der Waals surface area (Å²) < 4.78 is 1.23. The summed E-state index contributed by atoms with van der Waals surface area (Å²) in [6.07, 6.45) is 24.1. The van der Waals surface area contributed by atoms with E-state index in [1.54, 1.807) is 4.88 Å². The van der Waals surface area contributed by atoms with E-state index >= 15 is 0 Å². The number of unbranched alkanes of at least 4 members (excludes halogenated alkanes) is 12. The minimum absolute atomic E-state index is 0.882. The fraction of sp³-hybridized carbons (Fsp3) is 0.714. The second-order valence-electron chi connectivity index (χ2n) is 9.26. The average Bonchev–Trinajstić information content (AvgIpc) is 3.41. The third-order valence-corrected chi connectivity index (χ3v) is 9.33. The van der Waals surface area contributed by atoms with Crippen molar-refractivity contribution < 1.29 is 0 Å². The van der Waals surface area contributed by atoms with E-state index in [0.29, 0.717) is 0 Å². The zero-order chi connectivity index (χ0) is 22.2. The summed E-state index contributed by atoms with van der Waals surface area (Å²) >= 11 is 7.48. The number of halogens is 1. The standard InChI is InChI=1S/C28H45BrS2/c1-3-5-7-9-11-12-14-16-18-24(17-15-13-10-8-6-4-2)23-25-19-20-26(30-25)27-21-22-28(29)31-27/h19-22,24H,3-18,23H2,1-2H3. The van der Waals surface area contributed by atoms with Crippen molar-refractivity contribution in [3.8, 4) is 9.75 Å². The van der Waals surface area contributed by atoms with Crippen molar-refractivity contribution in [2.45, 2.75) is 123 Å². The number of hydrogen-bond acceptors (Lipinski definition) is 2. The molecule has 176 valence electrons. The Morgan fingerprint density at radius 2 is 1.10 bits per heavy atom. The van der Waals surface area contributed by atoms with Crippen molar-refractivity contribution in [1.29, 1.82) is 0 Å². The monoisotopic (exact) mass is 524 g/mol. The Labute approximate surface area is 209 Å². The highest BCUT2D eigenvalue weighted by Crippen LogP contribution is 2.37. The first-order valence-electron chi connectivity index (χ1n) is 13.1. The zero-order valence-corrected chi connectivity index (χ0v) is 23.3. The molecule has 0 amide bonds. The molecule has 2 heterocycles. The fourth-order valence-electron chi connectivity index (χ4n) is 4.48. The Kier molecular flexibility index (Phi) is 15.2. The number of thiophene rings is 2. The summed E-state index contributed by atoms with van der Waals surface area (Å²) in [6.45, 7) is 4.61. The lowest BCUT2D eigenvalue weighted by atomic mass is 9.91. The third-order valence-electron chi connectivity index (χ3n) is 6.40. The largest absolute Gasteiger partial charge is 0.139 e. The smallest absolute Gasteiger partial charge is 0.0705 e. The van der Waals surface area contributed by atoms with Crippen LogP contribution in [0.1, 0.15) is 121 Å². The van der Waals surface area contributed by atoms with E-state index in [0.717, 1.165) is 5.92 Å². The van der Waals surface area contributed by atoms with Crippen molar-refractivity contribution in [1.82, 2.24) is 0 Å². The maximum Gasteiger partial charge on any atom is 0.0705 e. The number of hydrogen-bond donors (Lipinski definition) is 0. The van der Waals surface area contributed by atoms with E-state index in [-0.39, 0.29) is 0 Å². The molecule has 0 aromatic carbocycles. The molecule has 0 fully saturated rings. The molecule has 0 nitrogen and oxygen atoms in total. The molecule has 1 unspecified atom stereocenters. The minimum atomic E-state index is 0.882. The third kappa shape index (κ3) is 12.1. The maximum atomic E-state index is 3.61. The fourth-order valence-corrected chi connectivity index (χ4v) is 7.08. The molecule has 0 saturated carbocycles. The summed E-state index contributed by atoms with van der Waals surface area (Å²) in [4.78, 5) is 4.44. The minimum Gasteiger partial charge on any atom is -0.139 e. The highest BCUT2D eigenvalue weighted by atomic mass is 79.9. The quantitative estimate of drug-likeness (QED) is 0.160. The van der Waals surface area contributed by atoms with Crippen LogP contribution in [0, 0.1) is 5.92 Å². The predicted octanol–water partition coefficient (Wildman–Crippen LogP) is 11.7. The Bertz CT molecular complexity index is 672. The van der Waals surface area contributed by atoms with Crippen LogP contribution in [0.2, 0.25) is 0 Å². The van der Waals surface area contributed by atoms with Gasteiger partial charge in [-0.3, -0.25) is 0 Å². The zero-order valence-electron chi connectivity index (χ0n) is 20.1. The van der Waals surface area contributed by atoms with Gasteiger partial charge in [0, 0.05) is 14.6 Å². The van der Waals surface area contributed by atoms with Gasteiger partial charge in [0.2, 0.25) is 0 Å². The lowest BCUT2D eigenvalue weighted by Crippen LogP contribution is -2.04. The molecular formula is C28H45BrS2. The van der Waals surface area contributed by atoms with Gasteiger partial charge in [-0.25, -0.2) is 0 Å². The van der Waals surface area contributed by atoms with Crippen LogP contribution in [0.4, 0.5) is 0 Å². The molecule has 2 aromatic rings. The van der Waals surface area contributed by atoms with Crippen molar-refractivity contribution in [3.63, 3.8) is 0 Å². The van der Waals surface area contributed by atoms with Crippen LogP contribution < -0.4 is 0 Å². The highest BCUT2D eigenvalue weighted by molar-refractivity contribution is 9.11. The van der Waals surface area contributed by atoms with Crippen LogP contribution in [0.3, 0.4) is 0 Å². The molecule has 2 rings (SSSR count). The van der Waals surface area contributed by atoms with Gasteiger partial charge in [-0.2, -0.15) is 0 Å². The molecule has 0 radical (unpaired) electrons. The first-order chi connectivity index (χ1) is 15.2. The molecule has 0 spiro atoms. The van der Waals surface area contributed by atoms with Crippen molar-refractivity contribution in [2.75, 3.05) is 0 Å². The molecule has 0 saturated heterocycles. The Morgan fingerprint density at radius 3 is 1.61 bits per heavy atom. The molecule has 0 N–H and O–H groups in total. The Morgan fingerprint density at radius 1 is 0.613 bits per heavy atom. The van der Waals surface area contributed by atoms with Crippen LogP contribution >= 0.6 is 38.6 Å². The SMILES string of the molecule is CCCCCCCCCCC(CCCCCCCC)Cc1ccc(-c2ccc(Br)s2)s1. The normalized spacial score (nSPS) is 12.5. The van der Waals surface area contributed by atoms with Crippen molar-refractivity contribution >= 4 is 38.6 Å². The second-order valence-corrected chi connectivity index (χ2v) is 12.9. The van der Waals surface area contributed by atoms with Crippen LogP contribution in [0.25, 0.3) is 9.75 Å². The first-order valence-corrected chi connectivity index (χ1v) is 15.5. The van der Waals surface area contributed by atoms with Crippen LogP contribution in [-0.4, -0.2) is 0 Å². The summed E-state index contributed by atoms with van der Waals surface area (Å²) in [5, 5.41) is 0. The van der Waals surface area contributed by atoms with Crippen LogP contribution in [-0.2, 0) is 6.42 Å². The summed E-state index contributed by atoms with van der Waals surface area (Å²) in [5.41, 5.74) is 0. The molecule has 0 bridgehead atoms. The van der Waals surface area contributed by atoms with Crippen LogP contribution in [0.15, 0.2) is 28.1 Å². The predicted molar refractivity (Wildman–Crippen MR) is 148 cm³/mol. The Hall–Kier alpha value is -0.120. The first kappa shape index (κ1) is 27.1. The average molecular weight is 526 g/mol. The van der Waals surface area contributed by atoms with E-state index in [1.807, 2.05) is 22.7 Å². The second kappa shape index (κ2) is 17.4. The van der Waals surface area contributed by atoms with E-state index in [4.69, 9.17) is 0 Å². The van der Waals surface area contributed by atoms with Gasteiger partial charge in [0.25, 0.3) is 0 Å². The number of rotatable bonds is 19. The van der Waals surface area contributed by atoms with Gasteiger partial charge >= 0.3 is 0 Å².